The monoisotopic (exact) mass is 378 g/mol. The molecule has 1 aliphatic carbocycles. The van der Waals surface area contributed by atoms with E-state index >= 15 is 0 Å². The molecule has 0 aromatic carbocycles. The van der Waals surface area contributed by atoms with Crippen LogP contribution in [0.5, 0.6) is 0 Å². The molecule has 1 saturated carbocycles. The number of hydrogen-bond acceptors (Lipinski definition) is 6. The minimum absolute atomic E-state index is 0.0980. The van der Waals surface area contributed by atoms with Gasteiger partial charge in [0.05, 0.1) is 18.1 Å². The van der Waals surface area contributed by atoms with Gasteiger partial charge in [-0.2, -0.15) is 0 Å². The van der Waals surface area contributed by atoms with Crippen molar-refractivity contribution in [3.63, 3.8) is 0 Å². The van der Waals surface area contributed by atoms with Crippen LogP contribution in [-0.2, 0) is 14.6 Å². The Kier molecular flexibility index (Phi) is 4.88. The molecule has 1 amide bonds. The van der Waals surface area contributed by atoms with Crippen molar-refractivity contribution in [2.75, 3.05) is 49.1 Å². The number of amides is 1. The molecular formula is C18H26N4O3S. The number of sulfone groups is 1. The van der Waals surface area contributed by atoms with E-state index in [9.17, 15) is 13.2 Å². The Balaban J connectivity index is 1.33. The lowest BCUT2D eigenvalue weighted by molar-refractivity contribution is -0.135. The first kappa shape index (κ1) is 17.7. The lowest BCUT2D eigenvalue weighted by Crippen LogP contribution is -2.52. The Bertz CT molecular complexity index is 743. The number of hydrogen-bond donors (Lipinski definition) is 0. The fourth-order valence-corrected chi connectivity index (χ4v) is 5.71. The van der Waals surface area contributed by atoms with Crippen LogP contribution < -0.4 is 4.90 Å². The van der Waals surface area contributed by atoms with Crippen LogP contribution in [0.1, 0.15) is 19.3 Å². The third kappa shape index (κ3) is 4.01. The Morgan fingerprint density at radius 3 is 2.46 bits per heavy atom. The third-order valence-electron chi connectivity index (χ3n) is 5.53. The average molecular weight is 378 g/mol. The molecule has 0 N–H and O–H groups in total. The lowest BCUT2D eigenvalue weighted by Gasteiger charge is -2.37. The second-order valence-corrected chi connectivity index (χ2v) is 9.77. The molecule has 3 heterocycles. The lowest BCUT2D eigenvalue weighted by atomic mass is 10.2. The smallest absolute Gasteiger partial charge is 0.237 e. The van der Waals surface area contributed by atoms with Crippen molar-refractivity contribution < 1.29 is 13.2 Å². The molecule has 0 radical (unpaired) electrons. The minimum Gasteiger partial charge on any atom is -0.354 e. The number of nitrogens with zero attached hydrogens (tertiary/aromatic N) is 4. The fourth-order valence-electron chi connectivity index (χ4n) is 4.00. The molecule has 7 nitrogen and oxygen atoms in total. The van der Waals surface area contributed by atoms with Crippen molar-refractivity contribution in [2.45, 2.75) is 31.3 Å². The highest BCUT2D eigenvalue weighted by Gasteiger charge is 2.42. The predicted molar refractivity (Wildman–Crippen MR) is 99.8 cm³/mol. The number of carbonyl (C=O) groups excluding carboxylic acids is 1. The zero-order valence-electron chi connectivity index (χ0n) is 15.0. The van der Waals surface area contributed by atoms with Crippen molar-refractivity contribution in [1.82, 2.24) is 14.8 Å². The van der Waals surface area contributed by atoms with Crippen LogP contribution in [0.4, 0.5) is 5.82 Å². The summed E-state index contributed by atoms with van der Waals surface area (Å²) in [5.74, 6) is 1.44. The normalized spacial score (nSPS) is 26.0. The van der Waals surface area contributed by atoms with Crippen LogP contribution in [0, 0.1) is 0 Å². The van der Waals surface area contributed by atoms with Gasteiger partial charge in [-0.25, -0.2) is 13.4 Å². The Hall–Kier alpha value is -1.67. The van der Waals surface area contributed by atoms with Gasteiger partial charge >= 0.3 is 0 Å². The van der Waals surface area contributed by atoms with Crippen LogP contribution in [0.15, 0.2) is 24.4 Å². The maximum Gasteiger partial charge on any atom is 0.237 e. The van der Waals surface area contributed by atoms with E-state index in [0.29, 0.717) is 13.0 Å². The molecule has 8 heteroatoms. The molecule has 1 aromatic heterocycles. The molecule has 3 fully saturated rings. The summed E-state index contributed by atoms with van der Waals surface area (Å²) in [6, 6.07) is 6.05. The number of piperazine rings is 1. The summed E-state index contributed by atoms with van der Waals surface area (Å²) in [7, 11) is -2.97. The van der Waals surface area contributed by atoms with E-state index in [4.69, 9.17) is 0 Å². The third-order valence-corrected chi connectivity index (χ3v) is 7.28. The van der Waals surface area contributed by atoms with Crippen molar-refractivity contribution >= 4 is 21.6 Å². The van der Waals surface area contributed by atoms with Gasteiger partial charge in [0.15, 0.2) is 9.84 Å². The second kappa shape index (κ2) is 7.15. The van der Waals surface area contributed by atoms with Gasteiger partial charge in [0.2, 0.25) is 5.91 Å². The van der Waals surface area contributed by atoms with Crippen LogP contribution >= 0.6 is 0 Å². The van der Waals surface area contributed by atoms with Gasteiger partial charge in [0.1, 0.15) is 5.82 Å². The van der Waals surface area contributed by atoms with Crippen LogP contribution in [0.2, 0.25) is 0 Å². The highest BCUT2D eigenvalue weighted by Crippen LogP contribution is 2.32. The molecular weight excluding hydrogens is 352 g/mol. The van der Waals surface area contributed by atoms with Gasteiger partial charge in [-0.15, -0.1) is 0 Å². The second-order valence-electron chi connectivity index (χ2n) is 7.54. The van der Waals surface area contributed by atoms with E-state index < -0.39 is 9.84 Å². The summed E-state index contributed by atoms with van der Waals surface area (Å²) in [5, 5.41) is 0. The highest BCUT2D eigenvalue weighted by atomic mass is 32.2. The number of carbonyl (C=O) groups is 1. The van der Waals surface area contributed by atoms with Crippen molar-refractivity contribution in [1.29, 1.82) is 0 Å². The number of rotatable bonds is 5. The van der Waals surface area contributed by atoms with E-state index in [0.717, 1.165) is 44.8 Å². The van der Waals surface area contributed by atoms with Crippen LogP contribution in [-0.4, -0.2) is 85.4 Å². The summed E-state index contributed by atoms with van der Waals surface area (Å²) in [4.78, 5) is 23.6. The van der Waals surface area contributed by atoms with Gasteiger partial charge in [0.25, 0.3) is 0 Å². The van der Waals surface area contributed by atoms with E-state index in [1.165, 1.54) is 0 Å². The minimum atomic E-state index is -2.97. The molecule has 0 spiro atoms. The molecule has 2 aliphatic heterocycles. The molecule has 2 saturated heterocycles. The van der Waals surface area contributed by atoms with Gasteiger partial charge in [-0.3, -0.25) is 9.69 Å². The number of pyridine rings is 1. The summed E-state index contributed by atoms with van der Waals surface area (Å²) in [6.07, 6.45) is 4.41. The van der Waals surface area contributed by atoms with E-state index in [-0.39, 0.29) is 29.5 Å². The standard InChI is InChI=1S/C18H26N4O3S/c23-18(22(15-4-5-15)16-6-12-26(24,25)14-16)13-20-8-10-21(11-9-20)17-3-1-2-7-19-17/h1-3,7,15-16H,4-6,8-14H2/t16-/m1/s1. The molecule has 1 atom stereocenters. The average Bonchev–Trinajstić information content (AvgIpc) is 3.39. The van der Waals surface area contributed by atoms with Gasteiger partial charge in [-0.05, 0) is 31.4 Å². The SMILES string of the molecule is O=C(CN1CCN(c2ccccn2)CC1)N(C1CC1)[C@@H]1CCS(=O)(=O)C1. The zero-order chi connectivity index (χ0) is 18.1. The molecule has 26 heavy (non-hydrogen) atoms. The van der Waals surface area contributed by atoms with Gasteiger partial charge < -0.3 is 9.80 Å². The first-order valence-electron chi connectivity index (χ1n) is 9.42. The number of aromatic nitrogens is 1. The van der Waals surface area contributed by atoms with Crippen molar-refractivity contribution in [3.8, 4) is 0 Å². The van der Waals surface area contributed by atoms with Crippen LogP contribution in [0.3, 0.4) is 0 Å². The molecule has 4 rings (SSSR count). The molecule has 1 aromatic rings. The first-order chi connectivity index (χ1) is 12.5. The summed E-state index contributed by atoms with van der Waals surface area (Å²) in [6.45, 7) is 3.74. The maximum absolute atomic E-state index is 12.9. The summed E-state index contributed by atoms with van der Waals surface area (Å²) < 4.78 is 23.6. The molecule has 3 aliphatic rings. The Labute approximate surface area is 154 Å². The summed E-state index contributed by atoms with van der Waals surface area (Å²) >= 11 is 0. The van der Waals surface area contributed by atoms with E-state index in [1.807, 2.05) is 23.1 Å². The Morgan fingerprint density at radius 2 is 1.88 bits per heavy atom. The maximum atomic E-state index is 12.9. The van der Waals surface area contributed by atoms with E-state index in [2.05, 4.69) is 14.8 Å². The van der Waals surface area contributed by atoms with Crippen molar-refractivity contribution in [2.24, 2.45) is 0 Å². The largest absolute Gasteiger partial charge is 0.354 e. The summed E-state index contributed by atoms with van der Waals surface area (Å²) in [5.41, 5.74) is 0. The molecule has 0 unspecified atom stereocenters. The Morgan fingerprint density at radius 1 is 1.12 bits per heavy atom. The zero-order valence-corrected chi connectivity index (χ0v) is 15.8. The highest BCUT2D eigenvalue weighted by molar-refractivity contribution is 7.91. The quantitative estimate of drug-likeness (QED) is 0.738. The van der Waals surface area contributed by atoms with Gasteiger partial charge in [0, 0.05) is 44.5 Å². The van der Waals surface area contributed by atoms with Crippen molar-refractivity contribution in [3.05, 3.63) is 24.4 Å². The topological polar surface area (TPSA) is 73.8 Å². The van der Waals surface area contributed by atoms with Crippen LogP contribution in [0.25, 0.3) is 0 Å². The van der Waals surface area contributed by atoms with E-state index in [1.54, 1.807) is 6.20 Å². The van der Waals surface area contributed by atoms with Gasteiger partial charge in [-0.1, -0.05) is 6.07 Å². The fraction of sp³-hybridized carbons (Fsp3) is 0.667. The number of anilines is 1. The predicted octanol–water partition coefficient (Wildman–Crippen LogP) is 0.382. The molecule has 142 valence electrons. The molecule has 0 bridgehead atoms. The first-order valence-corrected chi connectivity index (χ1v) is 11.2.